The van der Waals surface area contributed by atoms with Gasteiger partial charge in [-0.2, -0.15) is 0 Å². The first-order valence-electron chi connectivity index (χ1n) is 11.4. The quantitative estimate of drug-likeness (QED) is 0.332. The minimum atomic E-state index is 0.880. The summed E-state index contributed by atoms with van der Waals surface area (Å²) in [5, 5.41) is 2.25. The molecule has 1 aliphatic heterocycles. The van der Waals surface area contributed by atoms with Crippen molar-refractivity contribution in [2.75, 3.05) is 23.4 Å². The van der Waals surface area contributed by atoms with Gasteiger partial charge in [-0.25, -0.2) is 9.13 Å². The molecule has 1 aliphatic rings. The van der Waals surface area contributed by atoms with Crippen LogP contribution < -0.4 is 14.4 Å². The Balaban J connectivity index is 1.41. The summed E-state index contributed by atoms with van der Waals surface area (Å²) in [6, 6.07) is 12.7. The van der Waals surface area contributed by atoms with Crippen LogP contribution in [0.15, 0.2) is 75.7 Å². The Morgan fingerprint density at radius 2 is 1.64 bits per heavy atom. The maximum absolute atomic E-state index is 5.64. The molecule has 6 heteroatoms. The summed E-state index contributed by atoms with van der Waals surface area (Å²) in [4.78, 5) is 4.57. The number of furan rings is 2. The van der Waals surface area contributed by atoms with Crippen molar-refractivity contribution in [1.82, 2.24) is 4.57 Å². The molecule has 2 aromatic carbocycles. The molecule has 0 atom stereocenters. The van der Waals surface area contributed by atoms with Crippen LogP contribution in [0.5, 0.6) is 0 Å². The van der Waals surface area contributed by atoms with Crippen molar-refractivity contribution >= 4 is 50.4 Å². The molecule has 5 aromatic rings. The van der Waals surface area contributed by atoms with Crippen LogP contribution >= 0.6 is 0 Å². The summed E-state index contributed by atoms with van der Waals surface area (Å²) in [6.07, 6.45) is 10.0. The Hall–Kier alpha value is -3.93. The van der Waals surface area contributed by atoms with Crippen molar-refractivity contribution in [2.24, 2.45) is 7.05 Å². The topological polar surface area (TPSA) is 41.6 Å². The molecule has 0 spiro atoms. The van der Waals surface area contributed by atoms with Gasteiger partial charge in [-0.3, -0.25) is 0 Å². The van der Waals surface area contributed by atoms with Gasteiger partial charge < -0.3 is 18.6 Å². The highest BCUT2D eigenvalue weighted by Crippen LogP contribution is 2.43. The second kappa shape index (κ2) is 7.30. The lowest BCUT2D eigenvalue weighted by molar-refractivity contribution is -0.647. The number of hydrogen-bond donors (Lipinski definition) is 0. The lowest BCUT2D eigenvalue weighted by atomic mass is 10.2. The van der Waals surface area contributed by atoms with E-state index in [1.54, 1.807) is 12.5 Å². The van der Waals surface area contributed by atoms with Gasteiger partial charge >= 0.3 is 0 Å². The minimum Gasteiger partial charge on any atom is -0.464 e. The highest BCUT2D eigenvalue weighted by molar-refractivity contribution is 5.94. The van der Waals surface area contributed by atoms with Crippen molar-refractivity contribution in [3.8, 4) is 0 Å². The first kappa shape index (κ1) is 19.7. The van der Waals surface area contributed by atoms with Crippen LogP contribution in [0.1, 0.15) is 19.7 Å². The summed E-state index contributed by atoms with van der Waals surface area (Å²) < 4.78 is 15.9. The molecule has 0 bridgehead atoms. The van der Waals surface area contributed by atoms with Gasteiger partial charge in [0, 0.05) is 48.6 Å². The third-order valence-corrected chi connectivity index (χ3v) is 6.77. The van der Waals surface area contributed by atoms with Crippen LogP contribution in [0.3, 0.4) is 0 Å². The van der Waals surface area contributed by atoms with E-state index < -0.39 is 0 Å². The van der Waals surface area contributed by atoms with Crippen molar-refractivity contribution in [3.05, 3.63) is 72.7 Å². The normalized spacial score (nSPS) is 15.3. The molecule has 0 saturated heterocycles. The van der Waals surface area contributed by atoms with Crippen LogP contribution in [-0.2, 0) is 13.6 Å². The zero-order chi connectivity index (χ0) is 22.7. The van der Waals surface area contributed by atoms with Crippen molar-refractivity contribution in [3.63, 3.8) is 0 Å². The first-order valence-corrected chi connectivity index (χ1v) is 11.4. The molecule has 3 aromatic heterocycles. The van der Waals surface area contributed by atoms with Crippen molar-refractivity contribution < 1.29 is 13.4 Å². The highest BCUT2D eigenvalue weighted by atomic mass is 16.3. The average molecular weight is 440 g/mol. The summed E-state index contributed by atoms with van der Waals surface area (Å²) >= 11 is 0. The largest absolute Gasteiger partial charge is 0.464 e. The summed E-state index contributed by atoms with van der Waals surface area (Å²) in [5.41, 5.74) is 6.59. The number of fused-ring (bicyclic) bond motifs is 4. The number of benzene rings is 2. The Morgan fingerprint density at radius 1 is 0.909 bits per heavy atom. The van der Waals surface area contributed by atoms with E-state index in [1.807, 2.05) is 12.1 Å². The van der Waals surface area contributed by atoms with E-state index in [2.05, 4.69) is 89.4 Å². The number of rotatable bonds is 4. The zero-order valence-electron chi connectivity index (χ0n) is 19.4. The number of aromatic nitrogens is 2. The molecule has 6 nitrogen and oxygen atoms in total. The second-order valence-corrected chi connectivity index (χ2v) is 8.45. The van der Waals surface area contributed by atoms with Crippen LogP contribution in [0.4, 0.5) is 11.4 Å². The maximum atomic E-state index is 5.64. The standard InChI is InChI=1S/C27H27N4O2/c1-5-30-22-16-24-18(10-12-32-24)14-20(22)28(3)26(30)8-7-9-27-29(4)21-15-19-11-13-33-25(19)17-23(21)31(27)6-2/h7-17H,5-6H2,1-4H3/q+1. The number of aryl methyl sites for hydroxylation is 2. The lowest BCUT2D eigenvalue weighted by Crippen LogP contribution is -2.31. The highest BCUT2D eigenvalue weighted by Gasteiger charge is 2.28. The fourth-order valence-corrected chi connectivity index (χ4v) is 5.09. The summed E-state index contributed by atoms with van der Waals surface area (Å²) in [6.45, 7) is 6.12. The van der Waals surface area contributed by atoms with Gasteiger partial charge in [0.15, 0.2) is 11.0 Å². The van der Waals surface area contributed by atoms with E-state index in [1.165, 1.54) is 22.4 Å². The number of allylic oxidation sites excluding steroid dienone is 2. The van der Waals surface area contributed by atoms with Gasteiger partial charge in [-0.15, -0.1) is 0 Å². The van der Waals surface area contributed by atoms with Gasteiger partial charge in [-0.1, -0.05) is 6.08 Å². The third-order valence-electron chi connectivity index (χ3n) is 6.77. The molecule has 0 amide bonds. The van der Waals surface area contributed by atoms with Crippen molar-refractivity contribution in [1.29, 1.82) is 0 Å². The van der Waals surface area contributed by atoms with E-state index in [-0.39, 0.29) is 0 Å². The van der Waals surface area contributed by atoms with Crippen LogP contribution in [0, 0.1) is 0 Å². The number of anilines is 2. The van der Waals surface area contributed by atoms with Crippen LogP contribution in [0.2, 0.25) is 0 Å². The fourth-order valence-electron chi connectivity index (χ4n) is 5.09. The first-order chi connectivity index (χ1) is 16.1. The molecule has 4 heterocycles. The van der Waals surface area contributed by atoms with Gasteiger partial charge in [-0.05, 0) is 38.1 Å². The third kappa shape index (κ3) is 2.83. The van der Waals surface area contributed by atoms with E-state index in [0.29, 0.717) is 0 Å². The molecule has 0 radical (unpaired) electrons. The summed E-state index contributed by atoms with van der Waals surface area (Å²) in [7, 11) is 4.25. The summed E-state index contributed by atoms with van der Waals surface area (Å²) in [5.74, 6) is 2.30. The number of imidazole rings is 1. The molecule has 0 unspecified atom stereocenters. The van der Waals surface area contributed by atoms with E-state index in [9.17, 15) is 0 Å². The predicted molar refractivity (Wildman–Crippen MR) is 133 cm³/mol. The van der Waals surface area contributed by atoms with E-state index in [0.717, 1.165) is 46.7 Å². The average Bonchev–Trinajstić information content (AvgIpc) is 3.58. The number of nitrogens with zero attached hydrogens (tertiary/aromatic N) is 4. The van der Waals surface area contributed by atoms with Gasteiger partial charge in [0.25, 0.3) is 5.82 Å². The Bertz CT molecular complexity index is 1580. The molecule has 0 saturated carbocycles. The molecule has 6 rings (SSSR count). The van der Waals surface area contributed by atoms with Gasteiger partial charge in [0.2, 0.25) is 0 Å². The Kier molecular flexibility index (Phi) is 4.37. The predicted octanol–water partition coefficient (Wildman–Crippen LogP) is 5.81. The fraction of sp³-hybridized carbons (Fsp3) is 0.222. The lowest BCUT2D eigenvalue weighted by Gasteiger charge is -2.20. The molecule has 0 N–H and O–H groups in total. The second-order valence-electron chi connectivity index (χ2n) is 8.45. The molecular formula is C27H27N4O2+. The number of hydrogen-bond acceptors (Lipinski definition) is 4. The Morgan fingerprint density at radius 3 is 2.36 bits per heavy atom. The zero-order valence-corrected chi connectivity index (χ0v) is 19.4. The van der Waals surface area contributed by atoms with Crippen LogP contribution in [0.25, 0.3) is 39.0 Å². The minimum absolute atomic E-state index is 0.880. The smallest absolute Gasteiger partial charge is 0.282 e. The molecule has 33 heavy (non-hydrogen) atoms. The molecule has 166 valence electrons. The van der Waals surface area contributed by atoms with Crippen molar-refractivity contribution in [2.45, 2.75) is 20.4 Å². The molecular weight excluding hydrogens is 412 g/mol. The van der Waals surface area contributed by atoms with Gasteiger partial charge in [0.05, 0.1) is 37.5 Å². The van der Waals surface area contributed by atoms with E-state index in [4.69, 9.17) is 8.83 Å². The SMILES string of the molecule is CCN1C(=CC=Cc2n(CC)c3cc4occc4cc3[n+]2C)N(C)c2cc3ccoc3cc21. The molecule has 0 fully saturated rings. The van der Waals surface area contributed by atoms with Crippen LogP contribution in [-0.4, -0.2) is 18.2 Å². The monoisotopic (exact) mass is 439 g/mol. The maximum Gasteiger partial charge on any atom is 0.282 e. The van der Waals surface area contributed by atoms with E-state index >= 15 is 0 Å². The Labute approximate surface area is 192 Å². The molecule has 0 aliphatic carbocycles. The van der Waals surface area contributed by atoms with Gasteiger partial charge in [0.1, 0.15) is 17.0 Å².